The Morgan fingerprint density at radius 2 is 1.61 bits per heavy atom. The van der Waals surface area contributed by atoms with Crippen molar-refractivity contribution < 1.29 is 13.2 Å². The molecule has 0 saturated carbocycles. The lowest BCUT2D eigenvalue weighted by molar-refractivity contribution is 0.592. The molecule has 5 heteroatoms. The van der Waals surface area contributed by atoms with Gasteiger partial charge >= 0.3 is 0 Å². The molecule has 0 aliphatic rings. The minimum atomic E-state index is -0.795. The van der Waals surface area contributed by atoms with Gasteiger partial charge < -0.3 is 11.1 Å². The van der Waals surface area contributed by atoms with E-state index in [1.165, 1.54) is 18.2 Å². The first-order valence-electron chi connectivity index (χ1n) is 5.25. The molecule has 2 rings (SSSR count). The third-order valence-corrected chi connectivity index (χ3v) is 2.51. The van der Waals surface area contributed by atoms with E-state index in [1.54, 1.807) is 6.92 Å². The highest BCUT2D eigenvalue weighted by Crippen LogP contribution is 2.27. The molecule has 3 N–H and O–H groups in total. The van der Waals surface area contributed by atoms with Crippen LogP contribution in [0.2, 0.25) is 0 Å². The maximum absolute atomic E-state index is 13.6. The molecule has 0 radical (unpaired) electrons. The molecule has 0 unspecified atom stereocenters. The molecule has 18 heavy (non-hydrogen) atoms. The number of halogens is 3. The van der Waals surface area contributed by atoms with Crippen LogP contribution in [0.25, 0.3) is 0 Å². The number of aryl methyl sites for hydroxylation is 1. The molecule has 2 nitrogen and oxygen atoms in total. The van der Waals surface area contributed by atoms with Crippen LogP contribution < -0.4 is 11.1 Å². The standard InChI is InChI=1S/C13H11F3N2/c1-7-4-8(14)2-3-12(7)18-13-10(15)5-9(17)6-11(13)16/h2-6,18H,17H2,1H3. The highest BCUT2D eigenvalue weighted by molar-refractivity contribution is 5.65. The number of hydrogen-bond donors (Lipinski definition) is 2. The summed E-state index contributed by atoms with van der Waals surface area (Å²) in [5.41, 5.74) is 5.99. The Morgan fingerprint density at radius 1 is 1.00 bits per heavy atom. The second kappa shape index (κ2) is 4.60. The first-order chi connectivity index (χ1) is 8.47. The molecule has 0 saturated heterocycles. The Hall–Kier alpha value is -2.17. The third-order valence-electron chi connectivity index (χ3n) is 2.51. The summed E-state index contributed by atoms with van der Waals surface area (Å²) in [7, 11) is 0. The Labute approximate surface area is 102 Å². The van der Waals surface area contributed by atoms with Crippen molar-refractivity contribution in [2.24, 2.45) is 0 Å². The first kappa shape index (κ1) is 12.3. The van der Waals surface area contributed by atoms with Gasteiger partial charge in [0, 0.05) is 11.4 Å². The molecule has 0 aromatic heterocycles. The number of nitrogen functional groups attached to an aromatic ring is 1. The van der Waals surface area contributed by atoms with Gasteiger partial charge in [0.05, 0.1) is 0 Å². The van der Waals surface area contributed by atoms with Crippen molar-refractivity contribution in [1.82, 2.24) is 0 Å². The van der Waals surface area contributed by atoms with Gasteiger partial charge in [0.1, 0.15) is 11.5 Å². The smallest absolute Gasteiger partial charge is 0.151 e. The largest absolute Gasteiger partial charge is 0.399 e. The summed E-state index contributed by atoms with van der Waals surface area (Å²) >= 11 is 0. The number of nitrogens with two attached hydrogens (primary N) is 1. The zero-order valence-electron chi connectivity index (χ0n) is 9.60. The minimum Gasteiger partial charge on any atom is -0.399 e. The Balaban J connectivity index is 2.40. The molecular formula is C13H11F3N2. The first-order valence-corrected chi connectivity index (χ1v) is 5.25. The van der Waals surface area contributed by atoms with E-state index < -0.39 is 17.5 Å². The number of hydrogen-bond acceptors (Lipinski definition) is 2. The molecule has 2 aromatic carbocycles. The molecule has 0 heterocycles. The van der Waals surface area contributed by atoms with Crippen molar-refractivity contribution >= 4 is 17.1 Å². The maximum Gasteiger partial charge on any atom is 0.151 e. The second-order valence-corrected chi connectivity index (χ2v) is 3.94. The van der Waals surface area contributed by atoms with Gasteiger partial charge in [-0.1, -0.05) is 0 Å². The lowest BCUT2D eigenvalue weighted by atomic mass is 10.1. The third kappa shape index (κ3) is 2.40. The van der Waals surface area contributed by atoms with E-state index >= 15 is 0 Å². The predicted octanol–water partition coefficient (Wildman–Crippen LogP) is 3.74. The SMILES string of the molecule is Cc1cc(F)ccc1Nc1c(F)cc(N)cc1F. The molecule has 0 fully saturated rings. The van der Waals surface area contributed by atoms with Gasteiger partial charge in [-0.05, 0) is 42.8 Å². The van der Waals surface area contributed by atoms with E-state index in [1.807, 2.05) is 0 Å². The summed E-state index contributed by atoms with van der Waals surface area (Å²) in [6.07, 6.45) is 0. The normalized spacial score (nSPS) is 10.4. The highest BCUT2D eigenvalue weighted by Gasteiger charge is 2.11. The molecule has 0 aliphatic heterocycles. The quantitative estimate of drug-likeness (QED) is 0.799. The number of anilines is 3. The molecule has 0 atom stereocenters. The summed E-state index contributed by atoms with van der Waals surface area (Å²) < 4.78 is 40.0. The van der Waals surface area contributed by atoms with E-state index in [0.717, 1.165) is 12.1 Å². The van der Waals surface area contributed by atoms with Crippen molar-refractivity contribution in [3.8, 4) is 0 Å². The molecule has 2 aromatic rings. The van der Waals surface area contributed by atoms with Gasteiger partial charge in [-0.2, -0.15) is 0 Å². The maximum atomic E-state index is 13.6. The zero-order chi connectivity index (χ0) is 13.3. The lowest BCUT2D eigenvalue weighted by Crippen LogP contribution is -2.01. The number of nitrogens with one attached hydrogen (secondary N) is 1. The molecule has 0 spiro atoms. The average molecular weight is 252 g/mol. The Kier molecular flexibility index (Phi) is 3.14. The van der Waals surface area contributed by atoms with E-state index in [2.05, 4.69) is 5.32 Å². The zero-order valence-corrected chi connectivity index (χ0v) is 9.60. The molecule has 0 bridgehead atoms. The molecule has 0 aliphatic carbocycles. The van der Waals surface area contributed by atoms with Crippen LogP contribution in [0.4, 0.5) is 30.2 Å². The Bertz CT molecular complexity index is 574. The number of benzene rings is 2. The van der Waals surface area contributed by atoms with Gasteiger partial charge in [-0.15, -0.1) is 0 Å². The van der Waals surface area contributed by atoms with E-state index in [-0.39, 0.29) is 11.4 Å². The summed E-state index contributed by atoms with van der Waals surface area (Å²) in [6, 6.07) is 5.94. The Morgan fingerprint density at radius 3 is 2.17 bits per heavy atom. The minimum absolute atomic E-state index is 0.00591. The van der Waals surface area contributed by atoms with Gasteiger partial charge in [-0.3, -0.25) is 0 Å². The van der Waals surface area contributed by atoms with Crippen molar-refractivity contribution in [1.29, 1.82) is 0 Å². The highest BCUT2D eigenvalue weighted by atomic mass is 19.1. The lowest BCUT2D eigenvalue weighted by Gasteiger charge is -2.11. The van der Waals surface area contributed by atoms with Crippen LogP contribution in [-0.4, -0.2) is 0 Å². The number of rotatable bonds is 2. The van der Waals surface area contributed by atoms with Crippen molar-refractivity contribution in [3.63, 3.8) is 0 Å². The fourth-order valence-corrected chi connectivity index (χ4v) is 1.61. The summed E-state index contributed by atoms with van der Waals surface area (Å²) in [5, 5.41) is 2.59. The predicted molar refractivity (Wildman–Crippen MR) is 65.2 cm³/mol. The van der Waals surface area contributed by atoms with E-state index in [4.69, 9.17) is 5.73 Å². The summed E-state index contributed by atoms with van der Waals surface area (Å²) in [4.78, 5) is 0. The van der Waals surface area contributed by atoms with Crippen LogP contribution >= 0.6 is 0 Å². The van der Waals surface area contributed by atoms with Crippen LogP contribution in [0.15, 0.2) is 30.3 Å². The topological polar surface area (TPSA) is 38.0 Å². The van der Waals surface area contributed by atoms with Crippen LogP contribution in [0, 0.1) is 24.4 Å². The average Bonchev–Trinajstić information content (AvgIpc) is 2.25. The summed E-state index contributed by atoms with van der Waals surface area (Å²) in [5.74, 6) is -2.00. The van der Waals surface area contributed by atoms with Gasteiger partial charge in [0.25, 0.3) is 0 Å². The monoisotopic (exact) mass is 252 g/mol. The van der Waals surface area contributed by atoms with Gasteiger partial charge in [0.15, 0.2) is 11.6 Å². The van der Waals surface area contributed by atoms with Crippen LogP contribution in [-0.2, 0) is 0 Å². The van der Waals surface area contributed by atoms with Crippen molar-refractivity contribution in [2.75, 3.05) is 11.1 Å². The van der Waals surface area contributed by atoms with Crippen LogP contribution in [0.5, 0.6) is 0 Å². The molecular weight excluding hydrogens is 241 g/mol. The second-order valence-electron chi connectivity index (χ2n) is 3.94. The van der Waals surface area contributed by atoms with Crippen molar-refractivity contribution in [3.05, 3.63) is 53.3 Å². The van der Waals surface area contributed by atoms with Gasteiger partial charge in [-0.25, -0.2) is 13.2 Å². The fraction of sp³-hybridized carbons (Fsp3) is 0.0769. The van der Waals surface area contributed by atoms with Gasteiger partial charge in [0.2, 0.25) is 0 Å². The summed E-state index contributed by atoms with van der Waals surface area (Å²) in [6.45, 7) is 1.64. The van der Waals surface area contributed by atoms with E-state index in [0.29, 0.717) is 11.3 Å². The molecule has 94 valence electrons. The van der Waals surface area contributed by atoms with E-state index in [9.17, 15) is 13.2 Å². The van der Waals surface area contributed by atoms with Crippen LogP contribution in [0.1, 0.15) is 5.56 Å². The van der Waals surface area contributed by atoms with Crippen molar-refractivity contribution in [2.45, 2.75) is 6.92 Å². The fourth-order valence-electron chi connectivity index (χ4n) is 1.61. The molecule has 0 amide bonds. The van der Waals surface area contributed by atoms with Crippen LogP contribution in [0.3, 0.4) is 0 Å².